The second-order valence-corrected chi connectivity index (χ2v) is 27.0. The maximum absolute atomic E-state index is 15.2. The number of aliphatic hydroxyl groups excluding tert-OH is 1. The van der Waals surface area contributed by atoms with Crippen LogP contribution in [0, 0.1) is 59.2 Å². The van der Waals surface area contributed by atoms with Gasteiger partial charge in [-0.1, -0.05) is 116 Å². The van der Waals surface area contributed by atoms with E-state index >= 15 is 9.59 Å². The Hall–Kier alpha value is -5.53. The van der Waals surface area contributed by atoms with E-state index in [9.17, 15) is 48.3 Å². The molecule has 0 aromatic heterocycles. The molecule has 1 rings (SSSR count). The molecule has 1 aliphatic rings. The summed E-state index contributed by atoms with van der Waals surface area (Å²) in [5.41, 5.74) is 0. The minimum atomic E-state index is -1.49. The van der Waals surface area contributed by atoms with Gasteiger partial charge in [-0.15, -0.1) is 0 Å². The molecule has 486 valence electrons. The van der Waals surface area contributed by atoms with Crippen LogP contribution in [-0.4, -0.2) is 208 Å². The zero-order chi connectivity index (χ0) is 66.0. The first-order valence-corrected chi connectivity index (χ1v) is 31.2. The van der Waals surface area contributed by atoms with Crippen molar-refractivity contribution < 1.29 is 57.8 Å². The maximum atomic E-state index is 15.2. The van der Waals surface area contributed by atoms with Crippen molar-refractivity contribution in [2.75, 3.05) is 55.9 Å². The van der Waals surface area contributed by atoms with Gasteiger partial charge in [0.1, 0.15) is 30.2 Å². The molecule has 0 bridgehead atoms. The molecule has 1 heterocycles. The van der Waals surface area contributed by atoms with Gasteiger partial charge < -0.3 is 44.7 Å². The van der Waals surface area contributed by atoms with Gasteiger partial charge in [0.05, 0.1) is 24.7 Å². The predicted molar refractivity (Wildman–Crippen MR) is 332 cm³/mol. The fourth-order valence-electron chi connectivity index (χ4n) is 11.5. The lowest BCUT2D eigenvalue weighted by atomic mass is 9.84. The van der Waals surface area contributed by atoms with Gasteiger partial charge >= 0.3 is 0 Å². The van der Waals surface area contributed by atoms with Crippen molar-refractivity contribution in [1.82, 2.24) is 39.6 Å². The Morgan fingerprint density at radius 3 is 1.36 bits per heavy atom. The number of hydrogen-bond acceptors (Lipinski definition) is 12. The highest BCUT2D eigenvalue weighted by Gasteiger charge is 2.45. The summed E-state index contributed by atoms with van der Waals surface area (Å²) in [6.07, 6.45) is 2.59. The lowest BCUT2D eigenvalue weighted by Crippen LogP contribution is -2.61. The molecule has 0 aliphatic carbocycles. The predicted octanol–water partition coefficient (Wildman–Crippen LogP) is 6.54. The lowest BCUT2D eigenvalue weighted by molar-refractivity contribution is -0.157. The molecule has 85 heavy (non-hydrogen) atoms. The normalized spacial score (nSPS) is 27.2. The summed E-state index contributed by atoms with van der Waals surface area (Å²) >= 11 is 0. The average Bonchev–Trinajstić information content (AvgIpc) is 3.62. The second kappa shape index (κ2) is 35.3. The third-order valence-electron chi connectivity index (χ3n) is 17.1. The van der Waals surface area contributed by atoms with E-state index in [2.05, 4.69) is 5.32 Å². The number of hydrogen-bond donors (Lipinski definition) is 2. The number of rotatable bonds is 15. The van der Waals surface area contributed by atoms with Crippen LogP contribution in [0.2, 0.25) is 0 Å². The van der Waals surface area contributed by atoms with E-state index in [1.165, 1.54) is 85.7 Å². The molecule has 0 aromatic rings. The summed E-state index contributed by atoms with van der Waals surface area (Å²) in [5, 5.41) is 14.9. The molecular formula is C65H114N8O12. The number of likely N-dealkylation sites (N-methyl/N-ethyl adjacent to an activating group) is 7. The fraction of sp³-hybridized carbons (Fsp3) is 0.800. The molecule has 20 heteroatoms. The molecule has 1 fully saturated rings. The lowest BCUT2D eigenvalue weighted by Gasteiger charge is -2.41. The standard InChI is InChI=1S/C65H114N8O12/c1-25-27-28-43(15)58(78)57-54(76)34-46(26-2)61(81)67(18)36-55(77)68(19)48(29-37(3)4)53(75)35-47(41(11)12)62(82)69(20)49(30-38(5)6)52(74)33-44(16)59(79)66-45(17)60(80)70(21)50(31-39(7)8)63(83)71(22)51(32-40(9)10)64(84)72(23)56(42(13)14)65(85)73(57)24/h25,27,37-51,56-58,78H,26,28-36H2,1-24H3,(H,66,79)/b27-25+/t43-,44-,45-,46-,47+,48+,49+,50+,51+,56+,57-,58-/m1/s1. The first-order chi connectivity index (χ1) is 39.2. The number of nitrogens with one attached hydrogen (secondary N) is 1. The third kappa shape index (κ3) is 22.0. The topological polar surface area (TPSA) is 243 Å². The van der Waals surface area contributed by atoms with E-state index in [0.717, 1.165) is 4.90 Å². The number of aliphatic hydroxyl groups is 1. The summed E-state index contributed by atoms with van der Waals surface area (Å²) in [5.74, 6) is -10.7. The van der Waals surface area contributed by atoms with Crippen LogP contribution in [0.1, 0.15) is 175 Å². The van der Waals surface area contributed by atoms with Gasteiger partial charge in [0.15, 0.2) is 17.3 Å². The highest BCUT2D eigenvalue weighted by atomic mass is 16.3. The number of Topliss-reactive ketones (excluding diaryl/α,β-unsaturated/α-hetero) is 3. The van der Waals surface area contributed by atoms with Crippen molar-refractivity contribution in [3.05, 3.63) is 12.2 Å². The summed E-state index contributed by atoms with van der Waals surface area (Å²) in [6.45, 7) is 30.1. The zero-order valence-electron chi connectivity index (χ0n) is 56.7. The molecule has 8 amide bonds. The summed E-state index contributed by atoms with van der Waals surface area (Å²) in [6, 6.07) is -8.09. The second-order valence-electron chi connectivity index (χ2n) is 27.0. The average molecular weight is 1200 g/mol. The maximum Gasteiger partial charge on any atom is 0.246 e. The molecule has 12 atom stereocenters. The molecule has 1 aliphatic heterocycles. The van der Waals surface area contributed by atoms with E-state index in [0.29, 0.717) is 6.42 Å². The van der Waals surface area contributed by atoms with Crippen LogP contribution in [0.3, 0.4) is 0 Å². The largest absolute Gasteiger partial charge is 0.390 e. The molecule has 20 nitrogen and oxygen atoms in total. The van der Waals surface area contributed by atoms with Crippen molar-refractivity contribution in [2.45, 2.75) is 224 Å². The van der Waals surface area contributed by atoms with Crippen molar-refractivity contribution in [2.24, 2.45) is 59.2 Å². The van der Waals surface area contributed by atoms with Gasteiger partial charge in [-0.25, -0.2) is 0 Å². The zero-order valence-corrected chi connectivity index (χ0v) is 56.7. The highest BCUT2D eigenvalue weighted by Crippen LogP contribution is 2.29. The summed E-state index contributed by atoms with van der Waals surface area (Å²) < 4.78 is 0. The summed E-state index contributed by atoms with van der Waals surface area (Å²) in [7, 11) is 10.2. The van der Waals surface area contributed by atoms with E-state index < -0.39 is 144 Å². The highest BCUT2D eigenvalue weighted by molar-refractivity contribution is 5.99. The van der Waals surface area contributed by atoms with Gasteiger partial charge in [-0.2, -0.15) is 0 Å². The number of amides is 8. The van der Waals surface area contributed by atoms with Crippen LogP contribution in [0.5, 0.6) is 0 Å². The molecule has 2 N–H and O–H groups in total. The number of allylic oxidation sites excluding steroid dienone is 2. The quantitative estimate of drug-likeness (QED) is 0.166. The molecule has 1 saturated heterocycles. The van der Waals surface area contributed by atoms with Gasteiger partial charge in [0, 0.05) is 86.3 Å². The van der Waals surface area contributed by atoms with Crippen LogP contribution < -0.4 is 5.32 Å². The van der Waals surface area contributed by atoms with Crippen LogP contribution in [-0.2, 0) is 52.7 Å². The van der Waals surface area contributed by atoms with Gasteiger partial charge in [0.25, 0.3) is 0 Å². The molecule has 0 radical (unpaired) electrons. The molecule has 0 aromatic carbocycles. The third-order valence-corrected chi connectivity index (χ3v) is 17.1. The van der Waals surface area contributed by atoms with Gasteiger partial charge in [0.2, 0.25) is 47.3 Å². The Kier molecular flexibility index (Phi) is 32.2. The Labute approximate surface area is 511 Å². The Morgan fingerprint density at radius 1 is 0.494 bits per heavy atom. The fourth-order valence-corrected chi connectivity index (χ4v) is 11.5. The van der Waals surface area contributed by atoms with Crippen molar-refractivity contribution in [3.8, 4) is 0 Å². The number of carbonyl (C=O) groups is 11. The number of ketones is 3. The number of carbonyl (C=O) groups excluding carboxylic acids is 11. The first-order valence-electron chi connectivity index (χ1n) is 31.2. The minimum Gasteiger partial charge on any atom is -0.390 e. The SMILES string of the molecule is C/C=C/C[C@@H](C)[C@@H](O)[C@H]1C(=O)C[C@@H](CC)C(=O)N(C)CC(=O)N(C)[C@@H](CC(C)C)C(=O)C[C@@H](C(C)C)C(=O)N(C)[C@@H](CC(C)C)C(=O)C[C@@H](C)C(=O)N[C@H](C)C(=O)N(C)[C@@H](CC(C)C)C(=O)N(C)[C@@H](CC(C)C)C(=O)N(C)[C@@H](C(C)C)C(=O)N1C. The van der Waals surface area contributed by atoms with Crippen LogP contribution in [0.4, 0.5) is 0 Å². The smallest absolute Gasteiger partial charge is 0.246 e. The van der Waals surface area contributed by atoms with Crippen LogP contribution >= 0.6 is 0 Å². The van der Waals surface area contributed by atoms with Crippen molar-refractivity contribution in [1.29, 1.82) is 0 Å². The monoisotopic (exact) mass is 1200 g/mol. The van der Waals surface area contributed by atoms with Crippen LogP contribution in [0.15, 0.2) is 12.2 Å². The van der Waals surface area contributed by atoms with E-state index in [-0.39, 0.29) is 86.1 Å². The van der Waals surface area contributed by atoms with Crippen molar-refractivity contribution in [3.63, 3.8) is 0 Å². The van der Waals surface area contributed by atoms with E-state index in [1.807, 2.05) is 68.4 Å². The van der Waals surface area contributed by atoms with Gasteiger partial charge in [-0.3, -0.25) is 52.7 Å². The first kappa shape index (κ1) is 77.5. The molecular weight excluding hydrogens is 1080 g/mol. The minimum absolute atomic E-state index is 0.0648. The Balaban J connectivity index is 4.32. The number of nitrogens with zero attached hydrogens (tertiary/aromatic N) is 7. The van der Waals surface area contributed by atoms with E-state index in [4.69, 9.17) is 0 Å². The van der Waals surface area contributed by atoms with Gasteiger partial charge in [-0.05, 0) is 93.8 Å². The summed E-state index contributed by atoms with van der Waals surface area (Å²) in [4.78, 5) is 170. The van der Waals surface area contributed by atoms with E-state index in [1.54, 1.807) is 54.5 Å². The Morgan fingerprint density at radius 2 is 0.918 bits per heavy atom. The molecule has 0 unspecified atom stereocenters. The Bertz CT molecular complexity index is 2320. The molecule has 0 saturated carbocycles. The van der Waals surface area contributed by atoms with Crippen LogP contribution in [0.25, 0.3) is 0 Å². The van der Waals surface area contributed by atoms with Crippen molar-refractivity contribution >= 4 is 64.6 Å². The molecule has 0 spiro atoms.